The molecule has 1 aromatic rings. The minimum Gasteiger partial charge on any atom is -0.497 e. The number of nitrogens with one attached hydrogen (secondary N) is 1. The first-order valence-corrected chi connectivity index (χ1v) is 6.75. The molecule has 0 radical (unpaired) electrons. The van der Waals surface area contributed by atoms with Crippen LogP contribution in [0.4, 0.5) is 0 Å². The van der Waals surface area contributed by atoms with Crippen LogP contribution >= 0.6 is 0 Å². The van der Waals surface area contributed by atoms with Crippen molar-refractivity contribution in [2.24, 2.45) is 5.73 Å². The highest BCUT2D eigenvalue weighted by Gasteiger charge is 2.23. The standard InChI is InChI=1S/C15H24N2O4/c1-10(17-15(18)13(16)9-19-2)14(21-4)11-5-7-12(20-3)8-6-11/h5-8,10,13-14H,9,16H2,1-4H3,(H,17,18). The van der Waals surface area contributed by atoms with Crippen molar-refractivity contribution in [2.45, 2.75) is 25.1 Å². The quantitative estimate of drug-likeness (QED) is 0.743. The zero-order valence-electron chi connectivity index (χ0n) is 13.0. The average molecular weight is 296 g/mol. The van der Waals surface area contributed by atoms with Crippen LogP contribution in [0, 0.1) is 0 Å². The number of nitrogens with two attached hydrogens (primary N) is 1. The van der Waals surface area contributed by atoms with E-state index < -0.39 is 6.04 Å². The molecule has 0 aromatic heterocycles. The summed E-state index contributed by atoms with van der Waals surface area (Å²) in [4.78, 5) is 11.9. The summed E-state index contributed by atoms with van der Waals surface area (Å²) in [5.74, 6) is 0.507. The Bertz CT molecular complexity index is 436. The number of carbonyl (C=O) groups excluding carboxylic acids is 1. The van der Waals surface area contributed by atoms with E-state index in [1.54, 1.807) is 14.2 Å². The fourth-order valence-electron chi connectivity index (χ4n) is 2.08. The van der Waals surface area contributed by atoms with Gasteiger partial charge in [0.15, 0.2) is 0 Å². The van der Waals surface area contributed by atoms with Crippen molar-refractivity contribution in [3.63, 3.8) is 0 Å². The van der Waals surface area contributed by atoms with Crippen molar-refractivity contribution in [1.29, 1.82) is 0 Å². The van der Waals surface area contributed by atoms with E-state index in [-0.39, 0.29) is 24.7 Å². The van der Waals surface area contributed by atoms with Crippen LogP contribution in [0.5, 0.6) is 5.75 Å². The fourth-order valence-corrected chi connectivity index (χ4v) is 2.08. The van der Waals surface area contributed by atoms with E-state index >= 15 is 0 Å². The van der Waals surface area contributed by atoms with Crippen LogP contribution in [-0.4, -0.2) is 45.9 Å². The van der Waals surface area contributed by atoms with E-state index in [1.807, 2.05) is 31.2 Å². The number of methoxy groups -OCH3 is 3. The number of hydrogen-bond donors (Lipinski definition) is 2. The summed E-state index contributed by atoms with van der Waals surface area (Å²) < 4.78 is 15.5. The molecule has 0 bridgehead atoms. The molecule has 1 rings (SSSR count). The maximum Gasteiger partial charge on any atom is 0.239 e. The molecule has 1 amide bonds. The van der Waals surface area contributed by atoms with Crippen LogP contribution in [0.1, 0.15) is 18.6 Å². The minimum atomic E-state index is -0.689. The smallest absolute Gasteiger partial charge is 0.239 e. The molecule has 3 atom stereocenters. The number of amides is 1. The number of ether oxygens (including phenoxy) is 3. The van der Waals surface area contributed by atoms with Gasteiger partial charge >= 0.3 is 0 Å². The number of hydrogen-bond acceptors (Lipinski definition) is 5. The van der Waals surface area contributed by atoms with Crippen molar-refractivity contribution in [3.05, 3.63) is 29.8 Å². The number of rotatable bonds is 8. The number of benzene rings is 1. The number of carbonyl (C=O) groups is 1. The molecule has 0 saturated heterocycles. The van der Waals surface area contributed by atoms with Crippen molar-refractivity contribution < 1.29 is 19.0 Å². The van der Waals surface area contributed by atoms with E-state index in [4.69, 9.17) is 19.9 Å². The van der Waals surface area contributed by atoms with Gasteiger partial charge in [-0.05, 0) is 24.6 Å². The Balaban J connectivity index is 2.71. The molecule has 1 aromatic carbocycles. The van der Waals surface area contributed by atoms with E-state index in [0.29, 0.717) is 0 Å². The molecule has 0 fully saturated rings. The van der Waals surface area contributed by atoms with E-state index in [2.05, 4.69) is 5.32 Å². The predicted molar refractivity (Wildman–Crippen MR) is 80.2 cm³/mol. The zero-order valence-corrected chi connectivity index (χ0v) is 13.0. The van der Waals surface area contributed by atoms with Gasteiger partial charge in [-0.3, -0.25) is 4.79 Å². The van der Waals surface area contributed by atoms with Gasteiger partial charge in [0.25, 0.3) is 0 Å². The summed E-state index contributed by atoms with van der Waals surface area (Å²) in [6.07, 6.45) is -0.269. The lowest BCUT2D eigenvalue weighted by Gasteiger charge is -2.25. The second-order valence-electron chi connectivity index (χ2n) is 4.79. The molecule has 0 heterocycles. The summed E-state index contributed by atoms with van der Waals surface area (Å²) in [7, 11) is 4.72. The van der Waals surface area contributed by atoms with Gasteiger partial charge in [-0.15, -0.1) is 0 Å². The molecule has 0 saturated carbocycles. The second kappa shape index (κ2) is 8.61. The summed E-state index contributed by atoms with van der Waals surface area (Å²) in [6.45, 7) is 2.05. The molecule has 21 heavy (non-hydrogen) atoms. The van der Waals surface area contributed by atoms with Gasteiger partial charge in [-0.2, -0.15) is 0 Å². The van der Waals surface area contributed by atoms with Crippen molar-refractivity contribution >= 4 is 5.91 Å². The molecule has 0 aliphatic carbocycles. The Morgan fingerprint density at radius 2 is 1.86 bits per heavy atom. The molecule has 6 nitrogen and oxygen atoms in total. The van der Waals surface area contributed by atoms with Crippen molar-refractivity contribution in [1.82, 2.24) is 5.32 Å². The third-order valence-electron chi connectivity index (χ3n) is 3.21. The molecular weight excluding hydrogens is 272 g/mol. The SMILES string of the molecule is COCC(N)C(=O)NC(C)C(OC)c1ccc(OC)cc1. The first-order chi connectivity index (χ1) is 10.0. The van der Waals surface area contributed by atoms with Crippen LogP contribution in [0.25, 0.3) is 0 Å². The normalized spacial score (nSPS) is 15.1. The summed E-state index contributed by atoms with van der Waals surface area (Å²) in [6, 6.07) is 6.61. The van der Waals surface area contributed by atoms with Crippen LogP contribution in [0.2, 0.25) is 0 Å². The fraction of sp³-hybridized carbons (Fsp3) is 0.533. The largest absolute Gasteiger partial charge is 0.497 e. The van der Waals surface area contributed by atoms with Gasteiger partial charge in [0.1, 0.15) is 17.9 Å². The Morgan fingerprint density at radius 3 is 2.33 bits per heavy atom. The third-order valence-corrected chi connectivity index (χ3v) is 3.21. The molecule has 3 N–H and O–H groups in total. The minimum absolute atomic E-state index is 0.179. The van der Waals surface area contributed by atoms with E-state index in [9.17, 15) is 4.79 Å². The lowest BCUT2D eigenvalue weighted by Crippen LogP contribution is -2.48. The maximum absolute atomic E-state index is 11.9. The highest BCUT2D eigenvalue weighted by atomic mass is 16.5. The van der Waals surface area contributed by atoms with Gasteiger partial charge in [-0.1, -0.05) is 12.1 Å². The van der Waals surface area contributed by atoms with Crippen LogP contribution < -0.4 is 15.8 Å². The lowest BCUT2D eigenvalue weighted by molar-refractivity contribution is -0.125. The molecule has 118 valence electrons. The summed E-state index contributed by atoms with van der Waals surface area (Å²) >= 11 is 0. The van der Waals surface area contributed by atoms with E-state index in [0.717, 1.165) is 11.3 Å². The summed E-state index contributed by atoms with van der Waals surface area (Å²) in [5, 5.41) is 2.84. The Hall–Kier alpha value is -1.63. The van der Waals surface area contributed by atoms with Crippen LogP contribution in [0.3, 0.4) is 0 Å². The molecule has 0 spiro atoms. The topological polar surface area (TPSA) is 82.8 Å². The molecule has 3 unspecified atom stereocenters. The second-order valence-corrected chi connectivity index (χ2v) is 4.79. The van der Waals surface area contributed by atoms with Gasteiger partial charge in [0.2, 0.25) is 5.91 Å². The summed E-state index contributed by atoms with van der Waals surface area (Å²) in [5.41, 5.74) is 6.65. The van der Waals surface area contributed by atoms with Crippen molar-refractivity contribution in [3.8, 4) is 5.75 Å². The monoisotopic (exact) mass is 296 g/mol. The van der Waals surface area contributed by atoms with Gasteiger partial charge in [0, 0.05) is 14.2 Å². The molecular formula is C15H24N2O4. The molecule has 6 heteroatoms. The average Bonchev–Trinajstić information content (AvgIpc) is 2.48. The Morgan fingerprint density at radius 1 is 1.24 bits per heavy atom. The van der Waals surface area contributed by atoms with Gasteiger partial charge in [-0.25, -0.2) is 0 Å². The highest BCUT2D eigenvalue weighted by Crippen LogP contribution is 2.23. The first kappa shape index (κ1) is 17.4. The predicted octanol–water partition coefficient (Wildman–Crippen LogP) is 0.861. The Kier molecular flexibility index (Phi) is 7.14. The van der Waals surface area contributed by atoms with E-state index in [1.165, 1.54) is 7.11 Å². The van der Waals surface area contributed by atoms with Gasteiger partial charge < -0.3 is 25.3 Å². The highest BCUT2D eigenvalue weighted by molar-refractivity contribution is 5.81. The third kappa shape index (κ3) is 5.00. The molecule has 0 aliphatic heterocycles. The Labute approximate surface area is 125 Å². The van der Waals surface area contributed by atoms with Crippen LogP contribution in [0.15, 0.2) is 24.3 Å². The lowest BCUT2D eigenvalue weighted by atomic mass is 10.0. The van der Waals surface area contributed by atoms with Crippen molar-refractivity contribution in [2.75, 3.05) is 27.9 Å². The zero-order chi connectivity index (χ0) is 15.8. The van der Waals surface area contributed by atoms with Gasteiger partial charge in [0.05, 0.1) is 19.8 Å². The molecule has 0 aliphatic rings. The first-order valence-electron chi connectivity index (χ1n) is 6.75. The van der Waals surface area contributed by atoms with Crippen LogP contribution in [-0.2, 0) is 14.3 Å². The maximum atomic E-state index is 11.9.